The van der Waals surface area contributed by atoms with Crippen LogP contribution in [0.5, 0.6) is 5.75 Å². The lowest BCUT2D eigenvalue weighted by Gasteiger charge is -2.08. The van der Waals surface area contributed by atoms with E-state index in [2.05, 4.69) is 9.93 Å². The number of hydrogen-bond donors (Lipinski definition) is 1. The van der Waals surface area contributed by atoms with Gasteiger partial charge in [-0.3, -0.25) is 0 Å². The number of hydrogen-bond acceptors (Lipinski definition) is 4. The van der Waals surface area contributed by atoms with E-state index >= 15 is 0 Å². The Morgan fingerprint density at radius 1 is 1.04 bits per heavy atom. The molecule has 3 aromatic carbocycles. The Hall–Kier alpha value is -2.90. The molecule has 0 saturated heterocycles. The topological polar surface area (TPSA) is 67.8 Å². The van der Waals surface area contributed by atoms with Gasteiger partial charge in [0.05, 0.1) is 11.1 Å². The van der Waals surface area contributed by atoms with Crippen LogP contribution in [0.2, 0.25) is 5.02 Å². The van der Waals surface area contributed by atoms with E-state index in [9.17, 15) is 12.8 Å². The first-order valence-electron chi connectivity index (χ1n) is 8.21. The summed E-state index contributed by atoms with van der Waals surface area (Å²) < 4.78 is 42.9. The summed E-state index contributed by atoms with van der Waals surface area (Å²) in [6.07, 6.45) is 1.35. The van der Waals surface area contributed by atoms with Crippen LogP contribution in [-0.4, -0.2) is 14.6 Å². The minimum absolute atomic E-state index is 0.0807. The molecule has 0 unspecified atom stereocenters. The van der Waals surface area contributed by atoms with Gasteiger partial charge in [0.1, 0.15) is 18.2 Å². The summed E-state index contributed by atoms with van der Waals surface area (Å²) in [5, 5.41) is 4.37. The number of rotatable bonds is 7. The van der Waals surface area contributed by atoms with E-state index in [0.717, 1.165) is 29.8 Å². The lowest BCUT2D eigenvalue weighted by Crippen LogP contribution is -2.18. The Morgan fingerprint density at radius 3 is 2.54 bits per heavy atom. The van der Waals surface area contributed by atoms with Gasteiger partial charge in [-0.2, -0.15) is 13.5 Å². The van der Waals surface area contributed by atoms with Crippen molar-refractivity contribution in [2.75, 3.05) is 0 Å². The molecule has 5 nitrogen and oxygen atoms in total. The van der Waals surface area contributed by atoms with Gasteiger partial charge in [-0.25, -0.2) is 9.22 Å². The summed E-state index contributed by atoms with van der Waals surface area (Å²) >= 11 is 6.11. The summed E-state index contributed by atoms with van der Waals surface area (Å²) in [5.74, 6) is 0.0707. The predicted octanol–water partition coefficient (Wildman–Crippen LogP) is 4.37. The Balaban J connectivity index is 1.64. The normalized spacial score (nSPS) is 11.5. The first-order chi connectivity index (χ1) is 13.4. The third-order valence-corrected chi connectivity index (χ3v) is 5.33. The van der Waals surface area contributed by atoms with Crippen molar-refractivity contribution >= 4 is 27.8 Å². The van der Waals surface area contributed by atoms with Gasteiger partial charge in [-0.05, 0) is 48.0 Å². The molecule has 0 radical (unpaired) electrons. The zero-order valence-corrected chi connectivity index (χ0v) is 16.1. The van der Waals surface area contributed by atoms with Crippen LogP contribution in [0, 0.1) is 5.82 Å². The zero-order valence-electron chi connectivity index (χ0n) is 14.5. The third-order valence-electron chi connectivity index (χ3n) is 3.72. The molecule has 28 heavy (non-hydrogen) atoms. The molecule has 144 valence electrons. The highest BCUT2D eigenvalue weighted by molar-refractivity contribution is 7.89. The Bertz CT molecular complexity index is 1090. The molecule has 3 aromatic rings. The van der Waals surface area contributed by atoms with Crippen LogP contribution in [0.4, 0.5) is 4.39 Å². The van der Waals surface area contributed by atoms with Gasteiger partial charge >= 0.3 is 0 Å². The number of hydrazone groups is 1. The smallest absolute Gasteiger partial charge is 0.276 e. The molecule has 8 heteroatoms. The second-order valence-electron chi connectivity index (χ2n) is 5.76. The van der Waals surface area contributed by atoms with Crippen molar-refractivity contribution in [3.63, 3.8) is 0 Å². The van der Waals surface area contributed by atoms with E-state index in [1.807, 2.05) is 18.2 Å². The summed E-state index contributed by atoms with van der Waals surface area (Å²) in [5.41, 5.74) is 1.49. The lowest BCUT2D eigenvalue weighted by molar-refractivity contribution is 0.306. The van der Waals surface area contributed by atoms with Gasteiger partial charge in [0.25, 0.3) is 10.0 Å². The van der Waals surface area contributed by atoms with E-state index in [1.165, 1.54) is 6.21 Å². The maximum atomic E-state index is 12.9. The SMILES string of the molecule is O=S(=O)(NN=Cc1cccc(OCc2ccccc2Cl)c1)c1ccc(F)cc1. The Kier molecular flexibility index (Phi) is 6.28. The fraction of sp³-hybridized carbons (Fsp3) is 0.0500. The number of halogens is 2. The molecule has 0 aliphatic heterocycles. The largest absolute Gasteiger partial charge is 0.489 e. The molecule has 0 heterocycles. The molecular formula is C20H16ClFN2O3S. The molecule has 0 amide bonds. The first kappa shape index (κ1) is 19.9. The van der Waals surface area contributed by atoms with Crippen LogP contribution >= 0.6 is 11.6 Å². The fourth-order valence-electron chi connectivity index (χ4n) is 2.30. The van der Waals surface area contributed by atoms with Crippen LogP contribution in [0.3, 0.4) is 0 Å². The lowest BCUT2D eigenvalue weighted by atomic mass is 10.2. The fourth-order valence-corrected chi connectivity index (χ4v) is 3.28. The van der Waals surface area contributed by atoms with Gasteiger partial charge in [0.2, 0.25) is 0 Å². The average Bonchev–Trinajstić information content (AvgIpc) is 2.68. The quantitative estimate of drug-likeness (QED) is 0.457. The summed E-state index contributed by atoms with van der Waals surface area (Å²) in [6.45, 7) is 0.303. The molecular weight excluding hydrogens is 403 g/mol. The van der Waals surface area contributed by atoms with E-state index in [4.69, 9.17) is 16.3 Å². The Morgan fingerprint density at radius 2 is 1.79 bits per heavy atom. The van der Waals surface area contributed by atoms with E-state index in [1.54, 1.807) is 30.3 Å². The minimum Gasteiger partial charge on any atom is -0.489 e. The highest BCUT2D eigenvalue weighted by Crippen LogP contribution is 2.19. The summed E-state index contributed by atoms with van der Waals surface area (Å²) in [6, 6.07) is 18.8. The Labute approximate surface area is 167 Å². The monoisotopic (exact) mass is 418 g/mol. The number of nitrogens with one attached hydrogen (secondary N) is 1. The van der Waals surface area contributed by atoms with Gasteiger partial charge < -0.3 is 4.74 Å². The minimum atomic E-state index is -3.87. The molecule has 0 aromatic heterocycles. The van der Waals surface area contributed by atoms with Crippen LogP contribution in [0.1, 0.15) is 11.1 Å². The number of ether oxygens (including phenoxy) is 1. The number of sulfonamides is 1. The molecule has 1 N–H and O–H groups in total. The van der Waals surface area contributed by atoms with Crippen molar-refractivity contribution in [3.05, 3.63) is 94.8 Å². The van der Waals surface area contributed by atoms with Crippen molar-refractivity contribution in [1.82, 2.24) is 4.83 Å². The van der Waals surface area contributed by atoms with E-state index in [0.29, 0.717) is 22.9 Å². The van der Waals surface area contributed by atoms with Crippen molar-refractivity contribution in [3.8, 4) is 5.75 Å². The van der Waals surface area contributed by atoms with Crippen LogP contribution in [-0.2, 0) is 16.6 Å². The molecule has 0 bridgehead atoms. The van der Waals surface area contributed by atoms with Crippen LogP contribution in [0.25, 0.3) is 0 Å². The van der Waals surface area contributed by atoms with Gasteiger partial charge in [0.15, 0.2) is 0 Å². The number of nitrogens with zero attached hydrogens (tertiary/aromatic N) is 1. The summed E-state index contributed by atoms with van der Waals surface area (Å²) in [4.78, 5) is 2.01. The second kappa shape index (κ2) is 8.86. The molecule has 0 aliphatic carbocycles. The van der Waals surface area contributed by atoms with E-state index < -0.39 is 15.8 Å². The van der Waals surface area contributed by atoms with Gasteiger partial charge in [-0.1, -0.05) is 41.9 Å². The van der Waals surface area contributed by atoms with E-state index in [-0.39, 0.29) is 4.90 Å². The second-order valence-corrected chi connectivity index (χ2v) is 7.83. The van der Waals surface area contributed by atoms with Crippen LogP contribution < -0.4 is 9.57 Å². The maximum Gasteiger partial charge on any atom is 0.276 e. The number of benzene rings is 3. The highest BCUT2D eigenvalue weighted by Gasteiger charge is 2.12. The molecule has 0 fully saturated rings. The predicted molar refractivity (Wildman–Crippen MR) is 107 cm³/mol. The van der Waals surface area contributed by atoms with Crippen LogP contribution in [0.15, 0.2) is 82.8 Å². The van der Waals surface area contributed by atoms with Crippen molar-refractivity contribution < 1.29 is 17.5 Å². The third kappa shape index (κ3) is 5.31. The maximum absolute atomic E-state index is 12.9. The zero-order chi connectivity index (χ0) is 20.0. The van der Waals surface area contributed by atoms with Crippen molar-refractivity contribution in [1.29, 1.82) is 0 Å². The molecule has 3 rings (SSSR count). The van der Waals surface area contributed by atoms with Crippen molar-refractivity contribution in [2.24, 2.45) is 5.10 Å². The average molecular weight is 419 g/mol. The van der Waals surface area contributed by atoms with Gasteiger partial charge in [-0.15, -0.1) is 0 Å². The molecule has 0 saturated carbocycles. The molecule has 0 aliphatic rings. The standard InChI is InChI=1S/C20H16ClFN2O3S/c21-20-7-2-1-5-16(20)14-27-18-6-3-4-15(12-18)13-23-24-28(25,26)19-10-8-17(22)9-11-19/h1-13,24H,14H2. The molecule has 0 spiro atoms. The van der Waals surface area contributed by atoms with Crippen molar-refractivity contribution in [2.45, 2.75) is 11.5 Å². The summed E-state index contributed by atoms with van der Waals surface area (Å²) in [7, 11) is -3.87. The highest BCUT2D eigenvalue weighted by atomic mass is 35.5. The first-order valence-corrected chi connectivity index (χ1v) is 10.1. The molecule has 0 atom stereocenters. The van der Waals surface area contributed by atoms with Gasteiger partial charge in [0, 0.05) is 10.6 Å².